The normalized spacial score (nSPS) is 29.0. The first-order chi connectivity index (χ1) is 14.3. The van der Waals surface area contributed by atoms with Crippen LogP contribution in [0.25, 0.3) is 0 Å². The van der Waals surface area contributed by atoms with E-state index in [0.717, 1.165) is 24.1 Å². The third kappa shape index (κ3) is 3.46. The fourth-order valence-corrected chi connectivity index (χ4v) is 5.66. The molecule has 0 amide bonds. The van der Waals surface area contributed by atoms with Crippen molar-refractivity contribution in [3.63, 3.8) is 0 Å². The van der Waals surface area contributed by atoms with Crippen molar-refractivity contribution in [1.82, 2.24) is 5.32 Å². The van der Waals surface area contributed by atoms with Gasteiger partial charge in [0.15, 0.2) is 5.78 Å². The Morgan fingerprint density at radius 3 is 2.57 bits per heavy atom. The van der Waals surface area contributed by atoms with E-state index in [1.54, 1.807) is 0 Å². The largest absolute Gasteiger partial charge is 0.363 e. The summed E-state index contributed by atoms with van der Waals surface area (Å²) in [5, 5.41) is 3.66. The van der Waals surface area contributed by atoms with Gasteiger partial charge in [-0.15, -0.1) is 0 Å². The zero-order valence-electron chi connectivity index (χ0n) is 19.1. The summed E-state index contributed by atoms with van der Waals surface area (Å²) in [6.45, 7) is 11.1. The minimum absolute atomic E-state index is 0. The second-order valence-corrected chi connectivity index (χ2v) is 10.1. The number of benzene rings is 1. The predicted octanol–water partition coefficient (Wildman–Crippen LogP) is 6.17. The number of hydrogen-bond acceptors (Lipinski definition) is 3. The van der Waals surface area contributed by atoms with Crippen molar-refractivity contribution in [2.24, 2.45) is 16.3 Å². The lowest BCUT2D eigenvalue weighted by Gasteiger charge is -2.49. The number of carbonyl (C=O) groups is 1. The van der Waals surface area contributed by atoms with Crippen LogP contribution in [0, 0.1) is 17.3 Å². The van der Waals surface area contributed by atoms with Crippen LogP contribution in [0.15, 0.2) is 58.2 Å². The number of rotatable bonds is 5. The molecular formula is C27H37N2O. The molecule has 1 N–H and O–H groups in total. The summed E-state index contributed by atoms with van der Waals surface area (Å²) in [7, 11) is 0. The summed E-state index contributed by atoms with van der Waals surface area (Å²) in [6, 6.07) is 10.5. The Morgan fingerprint density at radius 1 is 1.17 bits per heavy atom. The number of ketones is 1. The number of allylic oxidation sites excluding steroid dienone is 3. The van der Waals surface area contributed by atoms with Crippen molar-refractivity contribution in [2.75, 3.05) is 0 Å². The number of nitrogens with one attached hydrogen (secondary N) is 1. The third-order valence-corrected chi connectivity index (χ3v) is 7.21. The van der Waals surface area contributed by atoms with Gasteiger partial charge >= 0.3 is 0 Å². The van der Waals surface area contributed by atoms with Crippen molar-refractivity contribution in [1.29, 1.82) is 0 Å². The van der Waals surface area contributed by atoms with Gasteiger partial charge < -0.3 is 5.32 Å². The van der Waals surface area contributed by atoms with Crippen molar-refractivity contribution < 1.29 is 6.22 Å². The van der Waals surface area contributed by atoms with Crippen LogP contribution in [0.4, 0.5) is 0 Å². The maximum absolute atomic E-state index is 13.5. The molecule has 1 aliphatic carbocycles. The lowest BCUT2D eigenvalue weighted by molar-refractivity contribution is -0.118. The molecule has 30 heavy (non-hydrogen) atoms. The fraction of sp³-hybridized carbons (Fsp3) is 0.519. The standard InChI is InChI=1S/C27H35N2O.H2/c1-6-11-18(7-2)19-14-21-25(28-17-19)29-22-15-26(3,4)16-23(30)24(22)27(21,5)20-12-9-8-10-13-20;/h8-10,12-14,17-18,25,29H,6-7,11,15-16H2,1-5H3;1H/t18?,25?,27-;/m0./s1. The first-order valence-electron chi connectivity index (χ1n) is 11.5. The summed E-state index contributed by atoms with van der Waals surface area (Å²) >= 11 is 0. The Morgan fingerprint density at radius 2 is 1.90 bits per heavy atom. The maximum atomic E-state index is 13.5. The Kier molecular flexibility index (Phi) is 5.50. The quantitative estimate of drug-likeness (QED) is 0.636. The number of nitrogens with zero attached hydrogens (tertiary/aromatic N) is 1. The first kappa shape index (κ1) is 21.1. The molecule has 2 unspecified atom stereocenters. The van der Waals surface area contributed by atoms with Gasteiger partial charge in [0.1, 0.15) is 6.17 Å². The fourth-order valence-electron chi connectivity index (χ4n) is 5.66. The number of carbonyl (C=O) groups excluding carboxylic acids is 1. The van der Waals surface area contributed by atoms with Gasteiger partial charge in [-0.2, -0.15) is 0 Å². The van der Waals surface area contributed by atoms with E-state index in [9.17, 15) is 4.79 Å². The average molecular weight is 406 g/mol. The summed E-state index contributed by atoms with van der Waals surface area (Å²) in [4.78, 5) is 18.5. The maximum Gasteiger partial charge on any atom is 0.162 e. The van der Waals surface area contributed by atoms with Crippen LogP contribution in [-0.4, -0.2) is 18.2 Å². The van der Waals surface area contributed by atoms with Gasteiger partial charge in [0.05, 0.1) is 0 Å². The highest BCUT2D eigenvalue weighted by Gasteiger charge is 2.50. The van der Waals surface area contributed by atoms with Crippen molar-refractivity contribution in [3.8, 4) is 0 Å². The van der Waals surface area contributed by atoms with E-state index in [1.807, 2.05) is 6.07 Å². The van der Waals surface area contributed by atoms with Crippen LogP contribution < -0.4 is 5.32 Å². The molecule has 3 aliphatic rings. The second kappa shape index (κ2) is 7.83. The van der Waals surface area contributed by atoms with Gasteiger partial charge in [0, 0.05) is 36.7 Å². The molecule has 1 radical (unpaired) electrons. The van der Waals surface area contributed by atoms with Crippen LogP contribution in [-0.2, 0) is 10.2 Å². The molecule has 1 aromatic carbocycles. The van der Waals surface area contributed by atoms with E-state index in [4.69, 9.17) is 4.99 Å². The van der Waals surface area contributed by atoms with E-state index in [0.29, 0.717) is 12.3 Å². The molecule has 0 spiro atoms. The Balaban J connectivity index is 0.00000272. The highest BCUT2D eigenvalue weighted by molar-refractivity contribution is 6.01. The Bertz CT molecular complexity index is 914. The molecule has 3 atom stereocenters. The molecule has 0 bridgehead atoms. The molecule has 3 heteroatoms. The van der Waals surface area contributed by atoms with Crippen molar-refractivity contribution in [3.05, 3.63) is 64.7 Å². The van der Waals surface area contributed by atoms with Gasteiger partial charge in [-0.25, -0.2) is 0 Å². The van der Waals surface area contributed by atoms with Gasteiger partial charge in [-0.1, -0.05) is 76.9 Å². The van der Waals surface area contributed by atoms with E-state index < -0.39 is 5.41 Å². The van der Waals surface area contributed by atoms with Crippen molar-refractivity contribution in [2.45, 2.75) is 78.3 Å². The number of Topliss-reactive ketones (excluding diaryl/α,β-unsaturated/α-hetero) is 1. The molecule has 2 heterocycles. The summed E-state index contributed by atoms with van der Waals surface area (Å²) < 4.78 is 0. The Labute approximate surface area is 183 Å². The van der Waals surface area contributed by atoms with Crippen LogP contribution in [0.5, 0.6) is 0 Å². The number of dihydropyridines is 1. The number of fused-ring (bicyclic) bond motifs is 1. The lowest BCUT2D eigenvalue weighted by atomic mass is 9.59. The van der Waals surface area contributed by atoms with Crippen LogP contribution >= 0.6 is 0 Å². The van der Waals surface area contributed by atoms with Crippen LogP contribution in [0.2, 0.25) is 0 Å². The minimum atomic E-state index is -0.451. The molecular weight excluding hydrogens is 368 g/mol. The van der Waals surface area contributed by atoms with Gasteiger partial charge in [0.2, 0.25) is 0 Å². The smallest absolute Gasteiger partial charge is 0.162 e. The molecule has 0 saturated heterocycles. The molecule has 161 valence electrons. The van der Waals surface area contributed by atoms with E-state index in [2.05, 4.69) is 76.5 Å². The molecule has 3 nitrogen and oxygen atoms in total. The summed E-state index contributed by atoms with van der Waals surface area (Å²) in [6.07, 6.45) is 9.28. The zero-order chi connectivity index (χ0) is 21.5. The van der Waals surface area contributed by atoms with E-state index in [-0.39, 0.29) is 18.8 Å². The third-order valence-electron chi connectivity index (χ3n) is 7.21. The molecule has 1 aromatic rings. The van der Waals surface area contributed by atoms with Crippen LogP contribution in [0.1, 0.15) is 73.7 Å². The second-order valence-electron chi connectivity index (χ2n) is 10.1. The van der Waals surface area contributed by atoms with E-state index in [1.165, 1.54) is 29.9 Å². The highest BCUT2D eigenvalue weighted by Crippen LogP contribution is 2.52. The SMILES string of the molecule is CCCC(CC)[C]1C=NC2NC3=C(C(=O)CC(C)(C)C3)[C@@](C)(c3ccccc3)C2=C1.[HH]. The molecule has 0 saturated carbocycles. The first-order valence-corrected chi connectivity index (χ1v) is 11.5. The topological polar surface area (TPSA) is 41.5 Å². The average Bonchev–Trinajstić information content (AvgIpc) is 2.71. The molecule has 0 fully saturated rings. The molecule has 0 aromatic heterocycles. The number of hydrogen-bond donors (Lipinski definition) is 1. The number of aliphatic imine (C=N–C) groups is 1. The van der Waals surface area contributed by atoms with Crippen molar-refractivity contribution >= 4 is 12.0 Å². The summed E-state index contributed by atoms with van der Waals surface area (Å²) in [5.41, 5.74) is 3.97. The van der Waals surface area contributed by atoms with Crippen LogP contribution in [0.3, 0.4) is 0 Å². The zero-order valence-corrected chi connectivity index (χ0v) is 19.1. The minimum Gasteiger partial charge on any atom is -0.363 e. The van der Waals surface area contributed by atoms with Gasteiger partial charge in [-0.3, -0.25) is 9.79 Å². The van der Waals surface area contributed by atoms with E-state index >= 15 is 0 Å². The molecule has 4 rings (SSSR count). The Hall–Kier alpha value is -2.16. The lowest BCUT2D eigenvalue weighted by Crippen LogP contribution is -2.52. The van der Waals surface area contributed by atoms with Gasteiger partial charge in [0.25, 0.3) is 0 Å². The monoisotopic (exact) mass is 405 g/mol. The molecule has 2 aliphatic heterocycles. The highest BCUT2D eigenvalue weighted by atomic mass is 16.1. The van der Waals surface area contributed by atoms with Gasteiger partial charge in [-0.05, 0) is 42.2 Å². The predicted molar refractivity (Wildman–Crippen MR) is 126 cm³/mol. The summed E-state index contributed by atoms with van der Waals surface area (Å²) in [5.74, 6) is 2.10.